The number of hydrogen-bond acceptors (Lipinski definition) is 2. The predicted molar refractivity (Wildman–Crippen MR) is 77.4 cm³/mol. The van der Waals surface area contributed by atoms with Crippen LogP contribution < -0.4 is 0 Å². The molecule has 102 valence electrons. The van der Waals surface area contributed by atoms with Crippen molar-refractivity contribution in [2.75, 3.05) is 6.61 Å². The summed E-state index contributed by atoms with van der Waals surface area (Å²) in [5.41, 5.74) is 0. The van der Waals surface area contributed by atoms with E-state index in [4.69, 9.17) is 4.74 Å². The Bertz CT molecular complexity index is 275. The van der Waals surface area contributed by atoms with Crippen LogP contribution in [0.2, 0.25) is 0 Å². The number of esters is 1. The zero-order valence-corrected chi connectivity index (χ0v) is 11.7. The van der Waals surface area contributed by atoms with Crippen LogP contribution in [0.5, 0.6) is 0 Å². The summed E-state index contributed by atoms with van der Waals surface area (Å²) in [6, 6.07) is 0. The largest absolute Gasteiger partial charge is 0.466 e. The molecule has 0 aromatic carbocycles. The van der Waals surface area contributed by atoms with Crippen LogP contribution >= 0.6 is 0 Å². The highest BCUT2D eigenvalue weighted by Gasteiger charge is 1.88. The van der Waals surface area contributed by atoms with E-state index in [2.05, 4.69) is 43.4 Å². The molecule has 0 aromatic heterocycles. The number of hydrogen-bond donors (Lipinski definition) is 0. The average molecular weight is 250 g/mol. The van der Waals surface area contributed by atoms with E-state index in [-0.39, 0.29) is 5.97 Å². The van der Waals surface area contributed by atoms with Gasteiger partial charge in [-0.25, -0.2) is 0 Å². The van der Waals surface area contributed by atoms with Gasteiger partial charge in [0.2, 0.25) is 0 Å². The Labute approximate surface area is 111 Å². The van der Waals surface area contributed by atoms with E-state index < -0.39 is 0 Å². The van der Waals surface area contributed by atoms with Gasteiger partial charge in [0.1, 0.15) is 0 Å². The highest BCUT2D eigenvalue weighted by atomic mass is 16.5. The van der Waals surface area contributed by atoms with Gasteiger partial charge < -0.3 is 4.74 Å². The van der Waals surface area contributed by atoms with Gasteiger partial charge in [-0.2, -0.15) is 0 Å². The molecular formula is C16H26O2. The third-order valence-electron chi connectivity index (χ3n) is 2.34. The van der Waals surface area contributed by atoms with Crippen molar-refractivity contribution in [2.24, 2.45) is 0 Å². The molecule has 0 bridgehead atoms. The molecule has 0 rings (SSSR count). The van der Waals surface area contributed by atoms with Crippen LogP contribution in [-0.2, 0) is 9.53 Å². The van der Waals surface area contributed by atoms with Crippen LogP contribution in [0.15, 0.2) is 36.5 Å². The number of ether oxygens (including phenoxy) is 1. The highest BCUT2D eigenvalue weighted by Crippen LogP contribution is 2.00. The molecule has 2 heteroatoms. The third kappa shape index (κ3) is 14.7. The first kappa shape index (κ1) is 16.7. The van der Waals surface area contributed by atoms with E-state index in [1.54, 1.807) is 0 Å². The zero-order chi connectivity index (χ0) is 13.5. The van der Waals surface area contributed by atoms with Gasteiger partial charge in [0.05, 0.1) is 6.61 Å². The van der Waals surface area contributed by atoms with Crippen molar-refractivity contribution in [1.82, 2.24) is 0 Å². The van der Waals surface area contributed by atoms with Crippen molar-refractivity contribution >= 4 is 5.97 Å². The fraction of sp³-hybridized carbons (Fsp3) is 0.562. The van der Waals surface area contributed by atoms with Gasteiger partial charge in [0.15, 0.2) is 0 Å². The molecule has 0 N–H and O–H groups in total. The maximum Gasteiger partial charge on any atom is 0.302 e. The van der Waals surface area contributed by atoms with Crippen LogP contribution in [0.4, 0.5) is 0 Å². The lowest BCUT2D eigenvalue weighted by molar-refractivity contribution is -0.140. The quantitative estimate of drug-likeness (QED) is 0.322. The summed E-state index contributed by atoms with van der Waals surface area (Å²) in [7, 11) is 0. The maximum absolute atomic E-state index is 10.5. The number of unbranched alkanes of at least 4 members (excludes halogenated alkanes) is 2. The minimum Gasteiger partial charge on any atom is -0.466 e. The molecule has 0 unspecified atom stereocenters. The van der Waals surface area contributed by atoms with E-state index in [0.717, 1.165) is 32.1 Å². The second-order valence-corrected chi connectivity index (χ2v) is 4.12. The highest BCUT2D eigenvalue weighted by molar-refractivity contribution is 5.65. The minimum absolute atomic E-state index is 0.203. The molecule has 2 nitrogen and oxygen atoms in total. The molecule has 0 aliphatic carbocycles. The molecule has 0 spiro atoms. The molecule has 0 saturated carbocycles. The Kier molecular flexibility index (Phi) is 12.8. The normalized spacial score (nSPS) is 11.9. The first-order valence-electron chi connectivity index (χ1n) is 6.85. The van der Waals surface area contributed by atoms with Gasteiger partial charge in [-0.1, -0.05) is 43.4 Å². The van der Waals surface area contributed by atoms with E-state index >= 15 is 0 Å². The van der Waals surface area contributed by atoms with Crippen LogP contribution in [0, 0.1) is 0 Å². The number of carbonyl (C=O) groups excluding carboxylic acids is 1. The third-order valence-corrected chi connectivity index (χ3v) is 2.34. The Balaban J connectivity index is 3.26. The zero-order valence-electron chi connectivity index (χ0n) is 11.7. The SMILES string of the molecule is CC/C=C\C/C=C/CCC/C=C/CCOC(C)=O. The first-order chi connectivity index (χ1) is 8.77. The van der Waals surface area contributed by atoms with Crippen molar-refractivity contribution in [3.05, 3.63) is 36.5 Å². The van der Waals surface area contributed by atoms with Gasteiger partial charge in [0.25, 0.3) is 0 Å². The van der Waals surface area contributed by atoms with E-state index in [9.17, 15) is 4.79 Å². The first-order valence-corrected chi connectivity index (χ1v) is 6.85. The Morgan fingerprint density at radius 3 is 2.22 bits per heavy atom. The van der Waals surface area contributed by atoms with Gasteiger partial charge in [0, 0.05) is 6.92 Å². The summed E-state index contributed by atoms with van der Waals surface area (Å²) >= 11 is 0. The Morgan fingerprint density at radius 2 is 1.56 bits per heavy atom. The number of rotatable bonds is 10. The van der Waals surface area contributed by atoms with Crippen molar-refractivity contribution in [2.45, 2.75) is 52.4 Å². The van der Waals surface area contributed by atoms with Gasteiger partial charge in [-0.15, -0.1) is 0 Å². The average Bonchev–Trinajstić information content (AvgIpc) is 2.34. The molecule has 0 fully saturated rings. The Morgan fingerprint density at radius 1 is 0.944 bits per heavy atom. The molecule has 0 saturated heterocycles. The summed E-state index contributed by atoms with van der Waals surface area (Å²) in [6.07, 6.45) is 19.5. The van der Waals surface area contributed by atoms with Gasteiger partial charge in [-0.05, 0) is 38.5 Å². The molecule has 0 atom stereocenters. The van der Waals surface area contributed by atoms with Crippen molar-refractivity contribution in [1.29, 1.82) is 0 Å². The lowest BCUT2D eigenvalue weighted by Gasteiger charge is -1.96. The summed E-state index contributed by atoms with van der Waals surface area (Å²) in [6.45, 7) is 4.08. The topological polar surface area (TPSA) is 26.3 Å². The molecule has 0 aliphatic rings. The minimum atomic E-state index is -0.203. The molecular weight excluding hydrogens is 224 g/mol. The van der Waals surface area contributed by atoms with Gasteiger partial charge in [-0.3, -0.25) is 4.79 Å². The van der Waals surface area contributed by atoms with Crippen molar-refractivity contribution in [3.63, 3.8) is 0 Å². The monoisotopic (exact) mass is 250 g/mol. The molecule has 0 amide bonds. The number of allylic oxidation sites excluding steroid dienone is 5. The van der Waals surface area contributed by atoms with E-state index in [1.807, 2.05) is 0 Å². The second kappa shape index (κ2) is 13.8. The summed E-state index contributed by atoms with van der Waals surface area (Å²) in [5, 5.41) is 0. The second-order valence-electron chi connectivity index (χ2n) is 4.12. The lowest BCUT2D eigenvalue weighted by Crippen LogP contribution is -1.98. The van der Waals surface area contributed by atoms with Crippen LogP contribution in [0.1, 0.15) is 52.4 Å². The molecule has 0 aliphatic heterocycles. The smallest absolute Gasteiger partial charge is 0.302 e. The summed E-state index contributed by atoms with van der Waals surface area (Å²) in [5.74, 6) is -0.203. The van der Waals surface area contributed by atoms with Crippen molar-refractivity contribution in [3.8, 4) is 0 Å². The molecule has 0 aromatic rings. The fourth-order valence-electron chi connectivity index (χ4n) is 1.42. The van der Waals surface area contributed by atoms with Crippen LogP contribution in [-0.4, -0.2) is 12.6 Å². The van der Waals surface area contributed by atoms with Crippen LogP contribution in [0.25, 0.3) is 0 Å². The molecule has 0 heterocycles. The maximum atomic E-state index is 10.5. The molecule has 0 radical (unpaired) electrons. The number of carbonyl (C=O) groups is 1. The lowest BCUT2D eigenvalue weighted by atomic mass is 10.2. The Hall–Kier alpha value is -1.31. The standard InChI is InChI=1S/C16H26O2/c1-3-4-5-6-7-8-9-10-11-12-13-14-15-18-16(2)17/h4-5,7-8,12-13H,3,6,9-11,14-15H2,1-2H3/b5-4-,8-7+,13-12+. The molecule has 18 heavy (non-hydrogen) atoms. The van der Waals surface area contributed by atoms with Crippen molar-refractivity contribution < 1.29 is 9.53 Å². The predicted octanol–water partition coefficient (Wildman–Crippen LogP) is 4.58. The fourth-order valence-corrected chi connectivity index (χ4v) is 1.42. The van der Waals surface area contributed by atoms with E-state index in [1.165, 1.54) is 13.3 Å². The van der Waals surface area contributed by atoms with Crippen LogP contribution in [0.3, 0.4) is 0 Å². The summed E-state index contributed by atoms with van der Waals surface area (Å²) in [4.78, 5) is 10.5. The summed E-state index contributed by atoms with van der Waals surface area (Å²) < 4.78 is 4.83. The van der Waals surface area contributed by atoms with Gasteiger partial charge >= 0.3 is 5.97 Å². The van der Waals surface area contributed by atoms with E-state index in [0.29, 0.717) is 6.61 Å².